The van der Waals surface area contributed by atoms with E-state index in [0.29, 0.717) is 0 Å². The fourth-order valence-corrected chi connectivity index (χ4v) is 2.05. The first-order chi connectivity index (χ1) is 9.36. The van der Waals surface area contributed by atoms with E-state index in [1.54, 1.807) is 0 Å². The summed E-state index contributed by atoms with van der Waals surface area (Å²) < 4.78 is 28.1. The standard InChI is InChI=1S/C12H10N2O5S/c1-20(17,18)9-4-2-3-8(5-9)19-11-7-13-6-10(14-11)12(15)16/h2-7H,1H3,(H,15,16). The smallest absolute Gasteiger partial charge is 0.356 e. The highest BCUT2D eigenvalue weighted by Gasteiger charge is 2.10. The summed E-state index contributed by atoms with van der Waals surface area (Å²) in [4.78, 5) is 18.3. The number of ether oxygens (including phenoxy) is 1. The maximum atomic E-state index is 11.4. The van der Waals surface area contributed by atoms with Gasteiger partial charge in [-0.2, -0.15) is 0 Å². The van der Waals surface area contributed by atoms with E-state index in [1.165, 1.54) is 30.5 Å². The van der Waals surface area contributed by atoms with Gasteiger partial charge in [-0.25, -0.2) is 18.2 Å². The molecule has 0 fully saturated rings. The van der Waals surface area contributed by atoms with Crippen molar-refractivity contribution in [3.05, 3.63) is 42.4 Å². The third kappa shape index (κ3) is 3.29. The number of sulfone groups is 1. The van der Waals surface area contributed by atoms with Crippen molar-refractivity contribution in [2.45, 2.75) is 4.90 Å². The van der Waals surface area contributed by atoms with Gasteiger partial charge in [0.1, 0.15) is 5.75 Å². The van der Waals surface area contributed by atoms with Crippen molar-refractivity contribution < 1.29 is 23.1 Å². The van der Waals surface area contributed by atoms with Crippen molar-refractivity contribution in [2.75, 3.05) is 6.26 Å². The van der Waals surface area contributed by atoms with Crippen molar-refractivity contribution in [1.29, 1.82) is 0 Å². The number of hydrogen-bond acceptors (Lipinski definition) is 6. The van der Waals surface area contributed by atoms with E-state index < -0.39 is 15.8 Å². The summed E-state index contributed by atoms with van der Waals surface area (Å²) in [6.45, 7) is 0. The number of aromatic carboxylic acids is 1. The molecule has 2 aromatic rings. The van der Waals surface area contributed by atoms with Crippen molar-refractivity contribution in [3.8, 4) is 11.6 Å². The van der Waals surface area contributed by atoms with E-state index in [1.807, 2.05) is 0 Å². The minimum absolute atomic E-state index is 0.0319. The van der Waals surface area contributed by atoms with Crippen LogP contribution in [0.15, 0.2) is 41.6 Å². The minimum atomic E-state index is -3.35. The molecule has 1 N–H and O–H groups in total. The maximum absolute atomic E-state index is 11.4. The maximum Gasteiger partial charge on any atom is 0.356 e. The zero-order valence-corrected chi connectivity index (χ0v) is 11.2. The van der Waals surface area contributed by atoms with Crippen LogP contribution in [0.1, 0.15) is 10.5 Å². The number of nitrogens with zero attached hydrogens (tertiary/aromatic N) is 2. The molecule has 1 aromatic carbocycles. The molecule has 2 rings (SSSR count). The second-order valence-electron chi connectivity index (χ2n) is 3.90. The lowest BCUT2D eigenvalue weighted by Gasteiger charge is -2.06. The number of benzene rings is 1. The van der Waals surface area contributed by atoms with Crippen LogP contribution in [0.4, 0.5) is 0 Å². The van der Waals surface area contributed by atoms with Gasteiger partial charge in [-0.1, -0.05) is 6.07 Å². The first-order valence-corrected chi connectivity index (χ1v) is 7.29. The normalized spacial score (nSPS) is 11.1. The molecule has 1 heterocycles. The minimum Gasteiger partial charge on any atom is -0.476 e. The lowest BCUT2D eigenvalue weighted by atomic mass is 10.3. The number of rotatable bonds is 4. The highest BCUT2D eigenvalue weighted by molar-refractivity contribution is 7.90. The van der Waals surface area contributed by atoms with Crippen LogP contribution in [0.5, 0.6) is 11.6 Å². The Morgan fingerprint density at radius 1 is 1.30 bits per heavy atom. The Balaban J connectivity index is 2.31. The predicted octanol–water partition coefficient (Wildman–Crippen LogP) is 1.37. The van der Waals surface area contributed by atoms with Gasteiger partial charge in [0.05, 0.1) is 17.3 Å². The number of carboxylic acid groups (broad SMARTS) is 1. The van der Waals surface area contributed by atoms with Gasteiger partial charge in [0.25, 0.3) is 0 Å². The molecule has 0 unspecified atom stereocenters. The van der Waals surface area contributed by atoms with Gasteiger partial charge in [0.15, 0.2) is 15.5 Å². The zero-order chi connectivity index (χ0) is 14.8. The Morgan fingerprint density at radius 3 is 2.70 bits per heavy atom. The van der Waals surface area contributed by atoms with Crippen LogP contribution in [0.3, 0.4) is 0 Å². The average Bonchev–Trinajstić information content (AvgIpc) is 2.38. The van der Waals surface area contributed by atoms with Crippen molar-refractivity contribution in [3.63, 3.8) is 0 Å². The van der Waals surface area contributed by atoms with Crippen LogP contribution in [-0.4, -0.2) is 35.7 Å². The van der Waals surface area contributed by atoms with Gasteiger partial charge >= 0.3 is 5.97 Å². The van der Waals surface area contributed by atoms with Gasteiger partial charge in [0.2, 0.25) is 5.88 Å². The molecule has 8 heteroatoms. The largest absolute Gasteiger partial charge is 0.476 e. The highest BCUT2D eigenvalue weighted by Crippen LogP contribution is 2.22. The molecule has 0 bridgehead atoms. The first-order valence-electron chi connectivity index (χ1n) is 5.39. The Kier molecular flexibility index (Phi) is 3.66. The Labute approximate surface area is 114 Å². The lowest BCUT2D eigenvalue weighted by molar-refractivity contribution is 0.0689. The summed E-state index contributed by atoms with van der Waals surface area (Å²) in [7, 11) is -3.35. The van der Waals surface area contributed by atoms with Gasteiger partial charge in [-0.15, -0.1) is 0 Å². The van der Waals surface area contributed by atoms with E-state index in [2.05, 4.69) is 9.97 Å². The molecular weight excluding hydrogens is 284 g/mol. The lowest BCUT2D eigenvalue weighted by Crippen LogP contribution is -2.02. The summed E-state index contributed by atoms with van der Waals surface area (Å²) in [5, 5.41) is 8.79. The monoisotopic (exact) mass is 294 g/mol. The number of carboxylic acids is 1. The molecule has 104 valence electrons. The number of aromatic nitrogens is 2. The Bertz CT molecular complexity index is 758. The number of hydrogen-bond donors (Lipinski definition) is 1. The van der Waals surface area contributed by atoms with E-state index in [9.17, 15) is 13.2 Å². The summed E-state index contributed by atoms with van der Waals surface area (Å²) in [5.74, 6) is -1.03. The molecule has 0 atom stereocenters. The molecule has 0 aliphatic rings. The van der Waals surface area contributed by atoms with Crippen molar-refractivity contribution >= 4 is 15.8 Å². The van der Waals surface area contributed by atoms with Crippen LogP contribution >= 0.6 is 0 Å². The second kappa shape index (κ2) is 5.25. The third-order valence-electron chi connectivity index (χ3n) is 2.29. The molecule has 0 saturated carbocycles. The molecule has 0 radical (unpaired) electrons. The van der Waals surface area contributed by atoms with Crippen LogP contribution < -0.4 is 4.74 Å². The molecule has 0 amide bonds. The second-order valence-corrected chi connectivity index (χ2v) is 5.91. The van der Waals surface area contributed by atoms with E-state index in [0.717, 1.165) is 12.5 Å². The molecule has 0 saturated heterocycles. The van der Waals surface area contributed by atoms with Crippen molar-refractivity contribution in [1.82, 2.24) is 9.97 Å². The fourth-order valence-electron chi connectivity index (χ4n) is 1.39. The molecule has 7 nitrogen and oxygen atoms in total. The average molecular weight is 294 g/mol. The molecule has 0 spiro atoms. The summed E-state index contributed by atoms with van der Waals surface area (Å²) in [5.41, 5.74) is -0.262. The Hall–Kier alpha value is -2.48. The quantitative estimate of drug-likeness (QED) is 0.907. The van der Waals surface area contributed by atoms with Gasteiger partial charge < -0.3 is 9.84 Å². The predicted molar refractivity (Wildman–Crippen MR) is 68.6 cm³/mol. The van der Waals surface area contributed by atoms with Crippen molar-refractivity contribution in [2.24, 2.45) is 0 Å². The van der Waals surface area contributed by atoms with E-state index in [4.69, 9.17) is 9.84 Å². The molecule has 0 aliphatic heterocycles. The van der Waals surface area contributed by atoms with Crippen LogP contribution in [0.25, 0.3) is 0 Å². The van der Waals surface area contributed by atoms with Crippen LogP contribution in [0, 0.1) is 0 Å². The topological polar surface area (TPSA) is 106 Å². The summed E-state index contributed by atoms with van der Waals surface area (Å²) in [6, 6.07) is 5.80. The molecule has 20 heavy (non-hydrogen) atoms. The highest BCUT2D eigenvalue weighted by atomic mass is 32.2. The Morgan fingerprint density at radius 2 is 2.05 bits per heavy atom. The molecular formula is C12H10N2O5S. The van der Waals surface area contributed by atoms with Gasteiger partial charge in [-0.3, -0.25) is 4.98 Å². The third-order valence-corrected chi connectivity index (χ3v) is 3.40. The molecule has 0 aliphatic carbocycles. The SMILES string of the molecule is CS(=O)(=O)c1cccc(Oc2cncc(C(=O)O)n2)c1. The molecule has 1 aromatic heterocycles. The van der Waals surface area contributed by atoms with E-state index in [-0.39, 0.29) is 22.2 Å². The van der Waals surface area contributed by atoms with Crippen LogP contribution in [0.2, 0.25) is 0 Å². The van der Waals surface area contributed by atoms with Gasteiger partial charge in [-0.05, 0) is 18.2 Å². The number of carbonyl (C=O) groups is 1. The summed E-state index contributed by atoms with van der Waals surface area (Å²) in [6.07, 6.45) is 3.40. The van der Waals surface area contributed by atoms with E-state index >= 15 is 0 Å². The zero-order valence-electron chi connectivity index (χ0n) is 10.3. The van der Waals surface area contributed by atoms with Gasteiger partial charge in [0, 0.05) is 6.26 Å². The first kappa shape index (κ1) is 13.9. The van der Waals surface area contributed by atoms with Crippen LogP contribution in [-0.2, 0) is 9.84 Å². The fraction of sp³-hybridized carbons (Fsp3) is 0.0833. The summed E-state index contributed by atoms with van der Waals surface area (Å²) >= 11 is 0.